The van der Waals surface area contributed by atoms with Crippen LogP contribution >= 0.6 is 0 Å². The van der Waals surface area contributed by atoms with Crippen LogP contribution in [0.3, 0.4) is 0 Å². The minimum Gasteiger partial charge on any atom is -0.400 e. The third kappa shape index (κ3) is 5.06. The van der Waals surface area contributed by atoms with Crippen LogP contribution in [-0.4, -0.2) is 47.8 Å². The highest BCUT2D eigenvalue weighted by atomic mass is 19.4. The van der Waals surface area contributed by atoms with Crippen LogP contribution < -0.4 is 0 Å². The highest BCUT2D eigenvalue weighted by molar-refractivity contribution is 5.19. The molecule has 0 aliphatic rings. The molecular weight excluding hydrogens is 610 g/mol. The van der Waals surface area contributed by atoms with Crippen molar-refractivity contribution in [2.24, 2.45) is 0 Å². The Hall–Kier alpha value is -2.34. The standard InChI is InChI=1S/C12F22O3/c13-1(5(17,18)7(21,22)9(25,26)11(29,30)36-33)3(15)35-4(16)2(14)6(19,20)8(23,24)10(27,28)12(31,32)37-34. The Morgan fingerprint density at radius 3 is 0.784 bits per heavy atom. The Morgan fingerprint density at radius 2 is 0.595 bits per heavy atom. The number of rotatable bonds is 12. The number of halogens is 22. The second-order valence-electron chi connectivity index (χ2n) is 5.91. The van der Waals surface area contributed by atoms with Crippen LogP contribution in [0.5, 0.6) is 0 Å². The van der Waals surface area contributed by atoms with Crippen LogP contribution in [0.2, 0.25) is 0 Å². The molecule has 0 spiro atoms. The first-order valence-electron chi connectivity index (χ1n) is 7.40. The number of ether oxygens (including phenoxy) is 1. The van der Waals surface area contributed by atoms with E-state index in [2.05, 4.69) is 0 Å². The minimum atomic E-state index is -8.06. The summed E-state index contributed by atoms with van der Waals surface area (Å²) in [6.45, 7) is 0. The molecule has 0 amide bonds. The fourth-order valence-electron chi connectivity index (χ4n) is 1.55. The normalized spacial score (nSPS) is 16.9. The lowest BCUT2D eigenvalue weighted by Gasteiger charge is -2.34. The molecule has 0 fully saturated rings. The van der Waals surface area contributed by atoms with E-state index in [1.807, 2.05) is 4.74 Å². The van der Waals surface area contributed by atoms with Gasteiger partial charge in [0.15, 0.2) is 0 Å². The molecule has 0 aromatic heterocycles. The average Bonchev–Trinajstić information content (AvgIpc) is 2.76. The number of alkyl halides is 16. The third-order valence-corrected chi connectivity index (χ3v) is 3.58. The molecule has 3 nitrogen and oxygen atoms in total. The SMILES string of the molecule is FOC(F)(F)C(F)(F)C(F)(F)C(F)(F)C(F)=C(F)OC(F)=C(F)C(F)(F)C(F)(F)C(F)(F)C(F)(F)OF. The molecule has 0 aliphatic heterocycles. The lowest BCUT2D eigenvalue weighted by molar-refractivity contribution is -0.470. The van der Waals surface area contributed by atoms with Gasteiger partial charge in [-0.3, -0.25) is 0 Å². The first-order chi connectivity index (χ1) is 16.0. The van der Waals surface area contributed by atoms with Crippen molar-refractivity contribution < 1.29 is 111 Å². The van der Waals surface area contributed by atoms with E-state index in [-0.39, 0.29) is 0 Å². The molecule has 220 valence electrons. The molecule has 37 heavy (non-hydrogen) atoms. The zero-order valence-corrected chi connectivity index (χ0v) is 15.5. The van der Waals surface area contributed by atoms with Gasteiger partial charge in [-0.1, -0.05) is 0 Å². The van der Waals surface area contributed by atoms with E-state index < -0.39 is 71.4 Å². The molecule has 0 aliphatic carbocycles. The maximum atomic E-state index is 13.2. The predicted octanol–water partition coefficient (Wildman–Crippen LogP) is 8.02. The van der Waals surface area contributed by atoms with Crippen molar-refractivity contribution >= 4 is 0 Å². The molecular formula is C12F22O3. The Bertz CT molecular complexity index is 831. The van der Waals surface area contributed by atoms with Gasteiger partial charge in [0.05, 0.1) is 0 Å². The van der Waals surface area contributed by atoms with Crippen molar-refractivity contribution in [3.05, 3.63) is 23.7 Å². The van der Waals surface area contributed by atoms with Crippen LogP contribution in [-0.2, 0) is 14.6 Å². The molecule has 0 aromatic carbocycles. The molecule has 0 saturated carbocycles. The molecule has 0 bridgehead atoms. The van der Waals surface area contributed by atoms with Gasteiger partial charge in [-0.25, -0.2) is 0 Å². The number of hydrogen-bond acceptors (Lipinski definition) is 3. The fraction of sp³-hybridized carbons (Fsp3) is 0.667. The van der Waals surface area contributed by atoms with E-state index in [1.54, 1.807) is 0 Å². The van der Waals surface area contributed by atoms with Crippen LogP contribution in [0.25, 0.3) is 0 Å². The summed E-state index contributed by atoms with van der Waals surface area (Å²) in [6, 6.07) is -9.36. The van der Waals surface area contributed by atoms with Crippen molar-refractivity contribution in [1.29, 1.82) is 0 Å². The van der Waals surface area contributed by atoms with Crippen LogP contribution in [0.1, 0.15) is 0 Å². The van der Waals surface area contributed by atoms with E-state index >= 15 is 0 Å². The first-order valence-corrected chi connectivity index (χ1v) is 7.40. The van der Waals surface area contributed by atoms with Crippen molar-refractivity contribution in [2.45, 2.75) is 47.8 Å². The van der Waals surface area contributed by atoms with Crippen LogP contribution in [0.4, 0.5) is 96.9 Å². The average molecular weight is 610 g/mol. The van der Waals surface area contributed by atoms with Crippen molar-refractivity contribution in [3.63, 3.8) is 0 Å². The second-order valence-corrected chi connectivity index (χ2v) is 5.91. The summed E-state index contributed by atoms with van der Waals surface area (Å²) in [4.78, 5) is 1.94. The molecule has 0 rings (SSSR count). The molecule has 0 atom stereocenters. The third-order valence-electron chi connectivity index (χ3n) is 3.58. The minimum absolute atomic E-state index is 0.970. The highest BCUT2D eigenvalue weighted by Gasteiger charge is 2.85. The zero-order valence-electron chi connectivity index (χ0n) is 15.5. The van der Waals surface area contributed by atoms with Gasteiger partial charge in [-0.15, -0.1) is 9.88 Å². The number of hydrogen-bond donors (Lipinski definition) is 0. The maximum absolute atomic E-state index is 13.2. The van der Waals surface area contributed by atoms with E-state index in [0.29, 0.717) is 0 Å². The monoisotopic (exact) mass is 610 g/mol. The number of allylic oxidation sites excluding steroid dienone is 2. The smallest absolute Gasteiger partial charge is 0.400 e. The van der Waals surface area contributed by atoms with Crippen molar-refractivity contribution in [3.8, 4) is 0 Å². The second kappa shape index (κ2) is 9.76. The van der Waals surface area contributed by atoms with Gasteiger partial charge in [-0.05, 0) is 9.05 Å². The largest absolute Gasteiger partial charge is 0.455 e. The fourth-order valence-corrected chi connectivity index (χ4v) is 1.55. The zero-order chi connectivity index (χ0) is 30.4. The Kier molecular flexibility index (Phi) is 9.14. The van der Waals surface area contributed by atoms with Gasteiger partial charge >= 0.3 is 59.8 Å². The summed E-state index contributed by atoms with van der Waals surface area (Å²) in [5, 5.41) is 0. The topological polar surface area (TPSA) is 27.7 Å². The summed E-state index contributed by atoms with van der Waals surface area (Å²) in [5.41, 5.74) is 0. The summed E-state index contributed by atoms with van der Waals surface area (Å²) in [7, 11) is 0. The van der Waals surface area contributed by atoms with Crippen molar-refractivity contribution in [1.82, 2.24) is 0 Å². The summed E-state index contributed by atoms with van der Waals surface area (Å²) >= 11 is 0. The Balaban J connectivity index is 6.63. The van der Waals surface area contributed by atoms with E-state index in [0.717, 1.165) is 9.88 Å². The van der Waals surface area contributed by atoms with E-state index in [1.165, 1.54) is 0 Å². The van der Waals surface area contributed by atoms with E-state index in [9.17, 15) is 96.9 Å². The Labute approximate surface area is 184 Å². The van der Waals surface area contributed by atoms with Gasteiger partial charge in [-0.2, -0.15) is 87.8 Å². The molecule has 0 saturated heterocycles. The molecule has 0 radical (unpaired) electrons. The van der Waals surface area contributed by atoms with Gasteiger partial charge in [0.25, 0.3) is 0 Å². The molecule has 0 N–H and O–H groups in total. The summed E-state index contributed by atoms with van der Waals surface area (Å²) < 4.78 is 283. The molecule has 0 heterocycles. The van der Waals surface area contributed by atoms with Gasteiger partial charge < -0.3 is 4.74 Å². The first kappa shape index (κ1) is 34.7. The van der Waals surface area contributed by atoms with Gasteiger partial charge in [0.2, 0.25) is 11.7 Å². The van der Waals surface area contributed by atoms with Gasteiger partial charge in [0, 0.05) is 0 Å². The maximum Gasteiger partial charge on any atom is 0.455 e. The lowest BCUT2D eigenvalue weighted by Crippen LogP contribution is -2.62. The highest BCUT2D eigenvalue weighted by Crippen LogP contribution is 2.57. The molecule has 0 unspecified atom stereocenters. The Morgan fingerprint density at radius 1 is 0.378 bits per heavy atom. The van der Waals surface area contributed by atoms with Gasteiger partial charge in [0.1, 0.15) is 0 Å². The lowest BCUT2D eigenvalue weighted by atomic mass is 10.0. The van der Waals surface area contributed by atoms with Crippen LogP contribution in [0.15, 0.2) is 23.7 Å². The quantitative estimate of drug-likeness (QED) is 0.166. The molecule has 0 aromatic rings. The molecule has 25 heteroatoms. The predicted molar refractivity (Wildman–Crippen MR) is 63.5 cm³/mol. The van der Waals surface area contributed by atoms with Crippen molar-refractivity contribution in [2.75, 3.05) is 0 Å². The summed E-state index contributed by atoms with van der Waals surface area (Å²) in [5.74, 6) is -57.6. The van der Waals surface area contributed by atoms with Crippen LogP contribution in [0, 0.1) is 0 Å². The summed E-state index contributed by atoms with van der Waals surface area (Å²) in [6.07, 6.45) is -14.6. The van der Waals surface area contributed by atoms with E-state index in [4.69, 9.17) is 0 Å².